The summed E-state index contributed by atoms with van der Waals surface area (Å²) in [4.78, 5) is 0. The van der Waals surface area contributed by atoms with Crippen LogP contribution < -0.4 is 0 Å². The maximum absolute atomic E-state index is 10.3. The molecule has 104 valence electrons. The third-order valence-electron chi connectivity index (χ3n) is 3.52. The van der Waals surface area contributed by atoms with Crippen LogP contribution in [-0.2, 0) is 14.2 Å². The zero-order valence-corrected chi connectivity index (χ0v) is 11.1. The summed E-state index contributed by atoms with van der Waals surface area (Å²) in [6.45, 7) is 3.91. The topological polar surface area (TPSA) is 47.9 Å². The summed E-state index contributed by atoms with van der Waals surface area (Å²) in [5, 5.41) is 10.3. The van der Waals surface area contributed by atoms with Gasteiger partial charge in [-0.05, 0) is 26.2 Å². The molecule has 0 bridgehead atoms. The van der Waals surface area contributed by atoms with E-state index in [-0.39, 0.29) is 12.4 Å². The molecule has 0 aromatic heterocycles. The van der Waals surface area contributed by atoms with Gasteiger partial charge in [0.05, 0.1) is 18.3 Å². The molecule has 2 rings (SSSR count). The molecule has 0 radical (unpaired) electrons. The lowest BCUT2D eigenvalue weighted by Gasteiger charge is -2.33. The van der Waals surface area contributed by atoms with Crippen LogP contribution in [0.1, 0.15) is 39.0 Å². The average Bonchev–Trinajstić information content (AvgIpc) is 2.36. The van der Waals surface area contributed by atoms with E-state index >= 15 is 0 Å². The van der Waals surface area contributed by atoms with Gasteiger partial charge in [0.1, 0.15) is 0 Å². The van der Waals surface area contributed by atoms with Gasteiger partial charge in [-0.3, -0.25) is 0 Å². The third kappa shape index (κ3) is 4.35. The molecule has 4 heteroatoms. The fraction of sp³-hybridized carbons (Fsp3) is 0.857. The number of aliphatic hydroxyl groups is 1. The molecular weight excluding hydrogens is 232 g/mol. The largest absolute Gasteiger partial charge is 0.386 e. The summed E-state index contributed by atoms with van der Waals surface area (Å²) in [6.07, 6.45) is 8.41. The van der Waals surface area contributed by atoms with Crippen molar-refractivity contribution in [2.24, 2.45) is 0 Å². The molecule has 4 nitrogen and oxygen atoms in total. The van der Waals surface area contributed by atoms with E-state index in [4.69, 9.17) is 14.2 Å². The van der Waals surface area contributed by atoms with E-state index in [1.54, 1.807) is 0 Å². The van der Waals surface area contributed by atoms with Crippen LogP contribution in [0.25, 0.3) is 0 Å². The first-order valence-electron chi connectivity index (χ1n) is 6.93. The van der Waals surface area contributed by atoms with Crippen molar-refractivity contribution in [3.05, 3.63) is 12.2 Å². The van der Waals surface area contributed by atoms with Gasteiger partial charge in [0, 0.05) is 26.1 Å². The van der Waals surface area contributed by atoms with Crippen molar-refractivity contribution in [1.29, 1.82) is 0 Å². The van der Waals surface area contributed by atoms with Crippen LogP contribution in [-0.4, -0.2) is 42.9 Å². The van der Waals surface area contributed by atoms with Crippen LogP contribution in [0, 0.1) is 0 Å². The molecule has 0 aliphatic carbocycles. The molecule has 0 saturated carbocycles. The highest BCUT2D eigenvalue weighted by Gasteiger charge is 2.30. The minimum Gasteiger partial charge on any atom is -0.386 e. The van der Waals surface area contributed by atoms with Gasteiger partial charge in [-0.1, -0.05) is 12.2 Å². The van der Waals surface area contributed by atoms with Gasteiger partial charge in [-0.2, -0.15) is 0 Å². The van der Waals surface area contributed by atoms with E-state index in [0.717, 1.165) is 19.4 Å². The van der Waals surface area contributed by atoms with Crippen molar-refractivity contribution in [2.45, 2.75) is 57.0 Å². The van der Waals surface area contributed by atoms with Crippen molar-refractivity contribution < 1.29 is 19.3 Å². The molecule has 0 spiro atoms. The molecular formula is C14H24O4. The number of rotatable bonds is 4. The highest BCUT2D eigenvalue weighted by molar-refractivity contribution is 5.03. The maximum atomic E-state index is 10.3. The quantitative estimate of drug-likeness (QED) is 0.782. The van der Waals surface area contributed by atoms with Crippen molar-refractivity contribution in [1.82, 2.24) is 0 Å². The summed E-state index contributed by atoms with van der Waals surface area (Å²) in [6, 6.07) is 0. The molecule has 3 atom stereocenters. The highest BCUT2D eigenvalue weighted by atomic mass is 16.7. The van der Waals surface area contributed by atoms with Gasteiger partial charge in [-0.15, -0.1) is 0 Å². The normalized spacial score (nSPS) is 38.1. The molecule has 1 N–H and O–H groups in total. The maximum Gasteiger partial charge on any atom is 0.157 e. The van der Waals surface area contributed by atoms with Crippen LogP contribution in [0.2, 0.25) is 0 Å². The van der Waals surface area contributed by atoms with Crippen molar-refractivity contribution in [3.8, 4) is 0 Å². The summed E-state index contributed by atoms with van der Waals surface area (Å²) < 4.78 is 16.5. The number of hydrogen-bond donors (Lipinski definition) is 1. The first-order chi connectivity index (χ1) is 8.68. The van der Waals surface area contributed by atoms with E-state index in [1.807, 2.05) is 19.1 Å². The van der Waals surface area contributed by atoms with Crippen LogP contribution in [0.3, 0.4) is 0 Å². The standard InChI is InChI=1S/C14H24O4/c1-12-11-14(15,7-10-16-12)6-4-9-18-13-5-2-3-8-17-13/h4,6,12-13,15H,2-3,5,7-11H2,1H3/b6-4+. The Morgan fingerprint density at radius 3 is 2.94 bits per heavy atom. The fourth-order valence-corrected chi connectivity index (χ4v) is 2.52. The number of hydrogen-bond acceptors (Lipinski definition) is 4. The Bertz CT molecular complexity index is 273. The molecule has 0 aromatic rings. The zero-order valence-electron chi connectivity index (χ0n) is 11.1. The number of ether oxygens (including phenoxy) is 3. The van der Waals surface area contributed by atoms with Gasteiger partial charge < -0.3 is 19.3 Å². The smallest absolute Gasteiger partial charge is 0.157 e. The van der Waals surface area contributed by atoms with E-state index in [9.17, 15) is 5.11 Å². The van der Waals surface area contributed by atoms with Crippen molar-refractivity contribution in [3.63, 3.8) is 0 Å². The lowest BCUT2D eigenvalue weighted by atomic mass is 9.90. The Labute approximate surface area is 109 Å². The Balaban J connectivity index is 1.69. The molecule has 2 saturated heterocycles. The SMILES string of the molecule is CC1CC(O)(/C=C/COC2CCCCO2)CCO1. The highest BCUT2D eigenvalue weighted by Crippen LogP contribution is 2.25. The van der Waals surface area contributed by atoms with Gasteiger partial charge in [0.15, 0.2) is 6.29 Å². The van der Waals surface area contributed by atoms with Crippen molar-refractivity contribution in [2.75, 3.05) is 19.8 Å². The summed E-state index contributed by atoms with van der Waals surface area (Å²) in [5.74, 6) is 0. The Hall–Kier alpha value is -0.420. The first kappa shape index (κ1) is 14.0. The van der Waals surface area contributed by atoms with E-state index in [1.165, 1.54) is 6.42 Å². The zero-order chi connectivity index (χ0) is 12.8. The molecule has 0 amide bonds. The Kier molecular flexibility index (Phi) is 5.18. The van der Waals surface area contributed by atoms with Crippen molar-refractivity contribution >= 4 is 0 Å². The van der Waals surface area contributed by atoms with Gasteiger partial charge in [0.25, 0.3) is 0 Å². The van der Waals surface area contributed by atoms with E-state index < -0.39 is 5.60 Å². The fourth-order valence-electron chi connectivity index (χ4n) is 2.52. The summed E-state index contributed by atoms with van der Waals surface area (Å²) >= 11 is 0. The second kappa shape index (κ2) is 6.66. The van der Waals surface area contributed by atoms with Crippen LogP contribution in [0.5, 0.6) is 0 Å². The molecule has 2 aliphatic rings. The summed E-state index contributed by atoms with van der Waals surface area (Å²) in [5.41, 5.74) is -0.728. The summed E-state index contributed by atoms with van der Waals surface area (Å²) in [7, 11) is 0. The van der Waals surface area contributed by atoms with Crippen LogP contribution in [0.4, 0.5) is 0 Å². The van der Waals surface area contributed by atoms with Gasteiger partial charge >= 0.3 is 0 Å². The lowest BCUT2D eigenvalue weighted by molar-refractivity contribution is -0.155. The van der Waals surface area contributed by atoms with Gasteiger partial charge in [0.2, 0.25) is 0 Å². The minimum atomic E-state index is -0.728. The first-order valence-corrected chi connectivity index (χ1v) is 6.93. The third-order valence-corrected chi connectivity index (χ3v) is 3.52. The molecule has 2 aliphatic heterocycles. The van der Waals surface area contributed by atoms with Gasteiger partial charge in [-0.25, -0.2) is 0 Å². The second-order valence-corrected chi connectivity index (χ2v) is 5.27. The Morgan fingerprint density at radius 2 is 2.22 bits per heavy atom. The predicted molar refractivity (Wildman–Crippen MR) is 68.3 cm³/mol. The minimum absolute atomic E-state index is 0.0633. The average molecular weight is 256 g/mol. The molecule has 2 heterocycles. The van der Waals surface area contributed by atoms with E-state index in [0.29, 0.717) is 26.1 Å². The molecule has 18 heavy (non-hydrogen) atoms. The van der Waals surface area contributed by atoms with Crippen LogP contribution >= 0.6 is 0 Å². The van der Waals surface area contributed by atoms with Crippen LogP contribution in [0.15, 0.2) is 12.2 Å². The molecule has 2 fully saturated rings. The molecule has 0 aromatic carbocycles. The Morgan fingerprint density at radius 1 is 1.33 bits per heavy atom. The monoisotopic (exact) mass is 256 g/mol. The second-order valence-electron chi connectivity index (χ2n) is 5.27. The predicted octanol–water partition coefficient (Wildman–Crippen LogP) is 2.02. The van der Waals surface area contributed by atoms with E-state index in [2.05, 4.69) is 0 Å². The molecule has 3 unspecified atom stereocenters. The lowest BCUT2D eigenvalue weighted by Crippen LogP contribution is -2.38.